The zero-order valence-electron chi connectivity index (χ0n) is 12.4. The first kappa shape index (κ1) is 14.0. The van der Waals surface area contributed by atoms with E-state index in [0.717, 1.165) is 5.56 Å². The van der Waals surface area contributed by atoms with Crippen molar-refractivity contribution in [2.24, 2.45) is 21.6 Å². The van der Waals surface area contributed by atoms with E-state index < -0.39 is 22.7 Å². The average molecular weight is 310 g/mol. The van der Waals surface area contributed by atoms with Crippen LogP contribution in [0.5, 0.6) is 5.75 Å². The van der Waals surface area contributed by atoms with Gasteiger partial charge in [-0.2, -0.15) is 10.5 Å². The minimum Gasteiger partial charge on any atom is -0.497 e. The molecule has 3 unspecified atom stereocenters. The van der Waals surface area contributed by atoms with Gasteiger partial charge in [0.2, 0.25) is 0 Å². The zero-order valence-corrected chi connectivity index (χ0v) is 12.4. The summed E-state index contributed by atoms with van der Waals surface area (Å²) in [4.78, 5) is 4.23. The highest BCUT2D eigenvalue weighted by atomic mass is 16.8. The maximum atomic E-state index is 9.94. The van der Waals surface area contributed by atoms with Crippen molar-refractivity contribution in [1.29, 1.82) is 10.5 Å². The van der Waals surface area contributed by atoms with E-state index in [9.17, 15) is 10.5 Å². The van der Waals surface area contributed by atoms with E-state index in [-0.39, 0.29) is 5.84 Å². The molecule has 1 spiro atoms. The standard InChI is InChI=1S/C16H14N4O3/c1-21-11-4-2-3-10(7-11)12-14(8-17)13(19)20-16(15(12,14)9-18)22-5-6-23-16/h2-4,7,12H,5-6H2,1H3,(H2,19,20). The molecule has 1 aromatic rings. The number of fused-ring (bicyclic) bond motifs is 2. The van der Waals surface area contributed by atoms with Crippen LogP contribution in [0.1, 0.15) is 11.5 Å². The molecule has 0 bridgehead atoms. The quantitative estimate of drug-likeness (QED) is 0.867. The molecule has 3 atom stereocenters. The van der Waals surface area contributed by atoms with Crippen LogP contribution in [0.25, 0.3) is 0 Å². The maximum Gasteiger partial charge on any atom is 0.293 e. The van der Waals surface area contributed by atoms with Gasteiger partial charge in [-0.1, -0.05) is 12.1 Å². The third-order valence-corrected chi connectivity index (χ3v) is 5.03. The molecule has 2 fully saturated rings. The average Bonchev–Trinajstić information content (AvgIpc) is 2.84. The molecule has 0 amide bonds. The number of hydrogen-bond acceptors (Lipinski definition) is 7. The van der Waals surface area contributed by atoms with Crippen molar-refractivity contribution in [1.82, 2.24) is 0 Å². The number of nitrogens with zero attached hydrogens (tertiary/aromatic N) is 3. The molecule has 7 heteroatoms. The molecule has 3 aliphatic rings. The van der Waals surface area contributed by atoms with E-state index in [1.54, 1.807) is 19.2 Å². The summed E-state index contributed by atoms with van der Waals surface area (Å²) in [5, 5.41) is 19.8. The normalized spacial score (nSPS) is 36.0. The van der Waals surface area contributed by atoms with Gasteiger partial charge in [0.25, 0.3) is 5.91 Å². The van der Waals surface area contributed by atoms with Gasteiger partial charge in [-0.3, -0.25) is 0 Å². The van der Waals surface area contributed by atoms with Gasteiger partial charge in [0.15, 0.2) is 5.41 Å². The molecule has 2 N–H and O–H groups in total. The molecule has 1 saturated carbocycles. The smallest absolute Gasteiger partial charge is 0.293 e. The fraction of sp³-hybridized carbons (Fsp3) is 0.438. The summed E-state index contributed by atoms with van der Waals surface area (Å²) in [6, 6.07) is 11.7. The second-order valence-corrected chi connectivity index (χ2v) is 5.83. The monoisotopic (exact) mass is 310 g/mol. The summed E-state index contributed by atoms with van der Waals surface area (Å²) in [5.74, 6) is -1.23. The van der Waals surface area contributed by atoms with Crippen LogP contribution in [-0.4, -0.2) is 32.1 Å². The molecule has 116 valence electrons. The van der Waals surface area contributed by atoms with Crippen molar-refractivity contribution in [2.75, 3.05) is 20.3 Å². The molecule has 2 aliphatic heterocycles. The number of hydrogen-bond donors (Lipinski definition) is 1. The fourth-order valence-electron chi connectivity index (χ4n) is 4.04. The number of amidine groups is 1. The van der Waals surface area contributed by atoms with Crippen LogP contribution in [-0.2, 0) is 9.47 Å². The van der Waals surface area contributed by atoms with Gasteiger partial charge in [-0.25, -0.2) is 4.99 Å². The minimum absolute atomic E-state index is 0.0938. The summed E-state index contributed by atoms with van der Waals surface area (Å²) in [5.41, 5.74) is 4.33. The van der Waals surface area contributed by atoms with Crippen LogP contribution >= 0.6 is 0 Å². The number of rotatable bonds is 2. The fourth-order valence-corrected chi connectivity index (χ4v) is 4.04. The van der Waals surface area contributed by atoms with Crippen molar-refractivity contribution < 1.29 is 14.2 Å². The molecule has 2 heterocycles. The SMILES string of the molecule is COc1cccc(C2C3(C#N)C(N)=NC4(OCCO4)C23C#N)c1. The zero-order chi connectivity index (χ0) is 16.3. The van der Waals surface area contributed by atoms with Crippen LogP contribution in [0.15, 0.2) is 29.3 Å². The number of benzene rings is 1. The second kappa shape index (κ2) is 4.23. The molecule has 1 aromatic carbocycles. The van der Waals surface area contributed by atoms with E-state index in [1.165, 1.54) is 0 Å². The first-order valence-electron chi connectivity index (χ1n) is 7.22. The Morgan fingerprint density at radius 1 is 1.30 bits per heavy atom. The number of methoxy groups -OCH3 is 1. The summed E-state index contributed by atoms with van der Waals surface area (Å²) in [6.07, 6.45) is 0. The lowest BCUT2D eigenvalue weighted by Gasteiger charge is -2.25. The van der Waals surface area contributed by atoms with Gasteiger partial charge in [0, 0.05) is 5.92 Å². The van der Waals surface area contributed by atoms with Gasteiger partial charge < -0.3 is 19.9 Å². The van der Waals surface area contributed by atoms with E-state index in [4.69, 9.17) is 19.9 Å². The molecular formula is C16H14N4O3. The summed E-state index contributed by atoms with van der Waals surface area (Å²) in [6.45, 7) is 0.624. The highest BCUT2D eigenvalue weighted by molar-refractivity contribution is 6.00. The Morgan fingerprint density at radius 2 is 2.04 bits per heavy atom. The lowest BCUT2D eigenvalue weighted by atomic mass is 9.94. The van der Waals surface area contributed by atoms with Crippen LogP contribution < -0.4 is 10.5 Å². The molecule has 0 aromatic heterocycles. The molecule has 4 rings (SSSR count). The van der Waals surface area contributed by atoms with E-state index >= 15 is 0 Å². The molecule has 0 radical (unpaired) electrons. The Bertz CT molecular complexity index is 802. The topological polar surface area (TPSA) is 114 Å². The number of ether oxygens (including phenoxy) is 3. The van der Waals surface area contributed by atoms with Crippen molar-refractivity contribution in [2.45, 2.75) is 11.8 Å². The molecule has 1 aliphatic carbocycles. The Kier molecular flexibility index (Phi) is 2.57. The van der Waals surface area contributed by atoms with E-state index in [0.29, 0.717) is 19.0 Å². The third-order valence-electron chi connectivity index (χ3n) is 5.03. The van der Waals surface area contributed by atoms with Crippen LogP contribution in [0, 0.1) is 33.5 Å². The Morgan fingerprint density at radius 3 is 2.65 bits per heavy atom. The highest BCUT2D eigenvalue weighted by Crippen LogP contribution is 2.82. The summed E-state index contributed by atoms with van der Waals surface area (Å²) < 4.78 is 16.6. The van der Waals surface area contributed by atoms with Crippen molar-refractivity contribution in [3.05, 3.63) is 29.8 Å². The molecular weight excluding hydrogens is 296 g/mol. The first-order valence-corrected chi connectivity index (χ1v) is 7.22. The van der Waals surface area contributed by atoms with Gasteiger partial charge in [-0.05, 0) is 17.7 Å². The number of nitriles is 2. The van der Waals surface area contributed by atoms with Gasteiger partial charge in [0.1, 0.15) is 17.0 Å². The second-order valence-electron chi connectivity index (χ2n) is 5.83. The minimum atomic E-state index is -1.49. The van der Waals surface area contributed by atoms with Crippen LogP contribution in [0.2, 0.25) is 0 Å². The Labute approximate surface area is 132 Å². The van der Waals surface area contributed by atoms with Gasteiger partial charge >= 0.3 is 0 Å². The Hall–Kier alpha value is -2.61. The highest BCUT2D eigenvalue weighted by Gasteiger charge is 2.94. The predicted octanol–water partition coefficient (Wildman–Crippen LogP) is 0.884. The van der Waals surface area contributed by atoms with E-state index in [2.05, 4.69) is 17.1 Å². The van der Waals surface area contributed by atoms with E-state index in [1.807, 2.05) is 12.1 Å². The van der Waals surface area contributed by atoms with Crippen LogP contribution in [0.3, 0.4) is 0 Å². The molecule has 1 saturated heterocycles. The molecule has 7 nitrogen and oxygen atoms in total. The van der Waals surface area contributed by atoms with Crippen LogP contribution in [0.4, 0.5) is 0 Å². The third kappa shape index (κ3) is 1.29. The summed E-state index contributed by atoms with van der Waals surface area (Å²) >= 11 is 0. The van der Waals surface area contributed by atoms with Crippen molar-refractivity contribution >= 4 is 5.84 Å². The largest absolute Gasteiger partial charge is 0.497 e. The predicted molar refractivity (Wildman–Crippen MR) is 78.1 cm³/mol. The molecule has 23 heavy (non-hydrogen) atoms. The Balaban J connectivity index is 1.91. The van der Waals surface area contributed by atoms with Gasteiger partial charge in [0.05, 0.1) is 32.5 Å². The first-order chi connectivity index (χ1) is 11.1. The maximum absolute atomic E-state index is 9.94. The van der Waals surface area contributed by atoms with Crippen molar-refractivity contribution in [3.63, 3.8) is 0 Å². The lowest BCUT2D eigenvalue weighted by Crippen LogP contribution is -2.38. The number of nitrogens with two attached hydrogens (primary N) is 1. The van der Waals surface area contributed by atoms with Gasteiger partial charge in [-0.15, -0.1) is 0 Å². The lowest BCUT2D eigenvalue weighted by molar-refractivity contribution is -0.184. The summed E-state index contributed by atoms with van der Waals surface area (Å²) in [7, 11) is 1.56. The number of aliphatic imine (C=N–C) groups is 1. The van der Waals surface area contributed by atoms with Crippen molar-refractivity contribution in [3.8, 4) is 17.9 Å².